The van der Waals surface area contributed by atoms with Crippen LogP contribution in [0.2, 0.25) is 0 Å². The van der Waals surface area contributed by atoms with Crippen LogP contribution in [-0.4, -0.2) is 12.8 Å². The molecule has 0 N–H and O–H groups in total. The molecule has 29 heavy (non-hydrogen) atoms. The molecule has 1 heterocycles. The van der Waals surface area contributed by atoms with E-state index < -0.39 is 0 Å². The number of benzene rings is 3. The zero-order chi connectivity index (χ0) is 19.9. The molecule has 0 radical (unpaired) electrons. The van der Waals surface area contributed by atoms with Crippen molar-refractivity contribution >= 4 is 24.1 Å². The normalized spacial score (nSPS) is 13.5. The minimum Gasteiger partial charge on any atom is -0.265 e. The average molecular weight is 381 g/mol. The first-order valence-electron chi connectivity index (χ1n) is 10.6. The molecule has 0 bridgehead atoms. The fourth-order valence-corrected chi connectivity index (χ4v) is 3.77. The summed E-state index contributed by atoms with van der Waals surface area (Å²) in [6.45, 7) is 3.18. The Balaban J connectivity index is 1.74. The summed E-state index contributed by atoms with van der Waals surface area (Å²) in [4.78, 5) is 0. The Kier molecular flexibility index (Phi) is 6.21. The van der Waals surface area contributed by atoms with E-state index in [1.807, 2.05) is 6.21 Å². The smallest absolute Gasteiger partial charge is 0.0678 e. The molecule has 1 aliphatic heterocycles. The first-order valence-corrected chi connectivity index (χ1v) is 10.6. The molecular weight excluding hydrogens is 352 g/mol. The van der Waals surface area contributed by atoms with E-state index in [-0.39, 0.29) is 0 Å². The summed E-state index contributed by atoms with van der Waals surface area (Å²) in [6, 6.07) is 26.1. The lowest BCUT2D eigenvalue weighted by Gasteiger charge is -2.20. The summed E-state index contributed by atoms with van der Waals surface area (Å²) in [5.41, 5.74) is 7.51. The van der Waals surface area contributed by atoms with Gasteiger partial charge in [-0.3, -0.25) is 5.01 Å². The maximum Gasteiger partial charge on any atom is 0.0678 e. The molecule has 3 aromatic rings. The van der Waals surface area contributed by atoms with E-state index in [9.17, 15) is 0 Å². The van der Waals surface area contributed by atoms with E-state index in [2.05, 4.69) is 102 Å². The molecule has 146 valence electrons. The highest BCUT2D eigenvalue weighted by Gasteiger charge is 2.16. The topological polar surface area (TPSA) is 15.6 Å². The second-order valence-electron chi connectivity index (χ2n) is 7.50. The van der Waals surface area contributed by atoms with Crippen LogP contribution in [0.25, 0.3) is 23.3 Å². The largest absolute Gasteiger partial charge is 0.265 e. The van der Waals surface area contributed by atoms with Gasteiger partial charge in [-0.25, -0.2) is 0 Å². The van der Waals surface area contributed by atoms with Gasteiger partial charge < -0.3 is 0 Å². The van der Waals surface area contributed by atoms with Gasteiger partial charge in [0.25, 0.3) is 0 Å². The van der Waals surface area contributed by atoms with Crippen molar-refractivity contribution in [2.75, 3.05) is 11.6 Å². The summed E-state index contributed by atoms with van der Waals surface area (Å²) in [5.74, 6) is 0. The zero-order valence-electron chi connectivity index (χ0n) is 17.1. The molecule has 2 heteroatoms. The van der Waals surface area contributed by atoms with Crippen molar-refractivity contribution in [1.29, 1.82) is 0 Å². The first-order chi connectivity index (χ1) is 14.3. The van der Waals surface area contributed by atoms with Gasteiger partial charge >= 0.3 is 0 Å². The molecule has 3 aromatic carbocycles. The molecule has 0 amide bonds. The molecule has 4 rings (SSSR count). The zero-order valence-corrected chi connectivity index (χ0v) is 17.1. The Morgan fingerprint density at radius 1 is 0.897 bits per heavy atom. The van der Waals surface area contributed by atoms with Crippen molar-refractivity contribution < 1.29 is 0 Å². The third-order valence-electron chi connectivity index (χ3n) is 5.36. The molecule has 1 aliphatic rings. The van der Waals surface area contributed by atoms with Crippen LogP contribution in [0.5, 0.6) is 0 Å². The average Bonchev–Trinajstić information content (AvgIpc) is 3.32. The third-order valence-corrected chi connectivity index (χ3v) is 5.36. The van der Waals surface area contributed by atoms with Crippen LogP contribution >= 0.6 is 0 Å². The fraction of sp³-hybridized carbons (Fsp3) is 0.222. The Labute approximate surface area is 174 Å². The Morgan fingerprint density at radius 2 is 1.72 bits per heavy atom. The van der Waals surface area contributed by atoms with E-state index in [1.165, 1.54) is 46.3 Å². The van der Waals surface area contributed by atoms with Gasteiger partial charge in [0, 0.05) is 24.7 Å². The summed E-state index contributed by atoms with van der Waals surface area (Å²) in [5, 5.41) is 6.72. The molecule has 0 unspecified atom stereocenters. The van der Waals surface area contributed by atoms with Gasteiger partial charge in [-0.2, -0.15) is 5.10 Å². The van der Waals surface area contributed by atoms with Gasteiger partial charge in [0.15, 0.2) is 0 Å². The van der Waals surface area contributed by atoms with Crippen LogP contribution in [0, 0.1) is 0 Å². The molecule has 2 nitrogen and oxygen atoms in total. The highest BCUT2D eigenvalue weighted by atomic mass is 15.5. The predicted molar refractivity (Wildman–Crippen MR) is 126 cm³/mol. The lowest BCUT2D eigenvalue weighted by molar-refractivity contribution is 0.795. The first kappa shape index (κ1) is 19.2. The minimum absolute atomic E-state index is 0.938. The minimum atomic E-state index is 0.938. The standard InChI is InChI=1S/C27H28N2/c1-2-3-9-23-15-18-25(19-16-23)27-24(17-14-22-10-5-4-6-11-22)12-7-13-26(27)29-21-8-20-28-29/h4-7,10-20H,2-3,8-9,21H2,1H3. The van der Waals surface area contributed by atoms with Crippen molar-refractivity contribution in [2.24, 2.45) is 5.10 Å². The Bertz CT molecular complexity index is 985. The number of aryl methyl sites for hydroxylation is 1. The van der Waals surface area contributed by atoms with Gasteiger partial charge in [0.1, 0.15) is 0 Å². The number of hydrazone groups is 1. The maximum atomic E-state index is 4.59. The van der Waals surface area contributed by atoms with Crippen LogP contribution < -0.4 is 5.01 Å². The summed E-state index contributed by atoms with van der Waals surface area (Å²) < 4.78 is 0. The highest BCUT2D eigenvalue weighted by molar-refractivity contribution is 5.89. The SMILES string of the molecule is CCCCc1ccc(-c2c(C=Cc3ccccc3)cccc2N2CCC=N2)cc1. The second kappa shape index (κ2) is 9.38. The lowest BCUT2D eigenvalue weighted by atomic mass is 9.95. The molecular formula is C27H28N2. The molecule has 0 atom stereocenters. The number of anilines is 1. The lowest BCUT2D eigenvalue weighted by Crippen LogP contribution is -2.13. The fourth-order valence-electron chi connectivity index (χ4n) is 3.77. The summed E-state index contributed by atoms with van der Waals surface area (Å²) >= 11 is 0. The molecule has 0 saturated carbocycles. The van der Waals surface area contributed by atoms with E-state index >= 15 is 0 Å². The van der Waals surface area contributed by atoms with Gasteiger partial charge in [0.05, 0.1) is 5.69 Å². The van der Waals surface area contributed by atoms with Crippen LogP contribution in [0.15, 0.2) is 77.9 Å². The molecule has 0 aliphatic carbocycles. The number of rotatable bonds is 7. The van der Waals surface area contributed by atoms with E-state index in [4.69, 9.17) is 0 Å². The number of hydrogen-bond acceptors (Lipinski definition) is 2. The van der Waals surface area contributed by atoms with Gasteiger partial charge in [0.2, 0.25) is 0 Å². The summed E-state index contributed by atoms with van der Waals surface area (Å²) in [7, 11) is 0. The quantitative estimate of drug-likeness (QED) is 0.400. The monoisotopic (exact) mass is 380 g/mol. The van der Waals surface area contributed by atoms with E-state index in [0.717, 1.165) is 19.4 Å². The van der Waals surface area contributed by atoms with Gasteiger partial charge in [-0.15, -0.1) is 0 Å². The van der Waals surface area contributed by atoms with Crippen LogP contribution in [0.4, 0.5) is 5.69 Å². The van der Waals surface area contributed by atoms with Crippen molar-refractivity contribution in [3.63, 3.8) is 0 Å². The molecule has 0 fully saturated rings. The number of unbranched alkanes of at least 4 members (excludes halogenated alkanes) is 1. The number of nitrogens with zero attached hydrogens (tertiary/aromatic N) is 2. The summed E-state index contributed by atoms with van der Waals surface area (Å²) in [6.07, 6.45) is 11.0. The molecule has 0 saturated heterocycles. The third kappa shape index (κ3) is 4.65. The van der Waals surface area contributed by atoms with Crippen LogP contribution in [-0.2, 0) is 6.42 Å². The van der Waals surface area contributed by atoms with Crippen molar-refractivity contribution in [3.05, 3.63) is 89.5 Å². The Hall–Kier alpha value is -3.13. The maximum absolute atomic E-state index is 4.59. The van der Waals surface area contributed by atoms with Crippen LogP contribution in [0.1, 0.15) is 42.9 Å². The predicted octanol–water partition coefficient (Wildman–Crippen LogP) is 7.06. The van der Waals surface area contributed by atoms with Gasteiger partial charge in [-0.05, 0) is 41.2 Å². The Morgan fingerprint density at radius 3 is 2.45 bits per heavy atom. The number of hydrogen-bond donors (Lipinski definition) is 0. The molecule has 0 spiro atoms. The van der Waals surface area contributed by atoms with Crippen molar-refractivity contribution in [2.45, 2.75) is 32.6 Å². The highest BCUT2D eigenvalue weighted by Crippen LogP contribution is 2.36. The van der Waals surface area contributed by atoms with Gasteiger partial charge in [-0.1, -0.05) is 92.2 Å². The molecule has 0 aromatic heterocycles. The second-order valence-corrected chi connectivity index (χ2v) is 7.50. The van der Waals surface area contributed by atoms with E-state index in [0.29, 0.717) is 0 Å². The van der Waals surface area contributed by atoms with Crippen molar-refractivity contribution in [3.8, 4) is 11.1 Å². The van der Waals surface area contributed by atoms with Crippen molar-refractivity contribution in [1.82, 2.24) is 0 Å². The van der Waals surface area contributed by atoms with Crippen LogP contribution in [0.3, 0.4) is 0 Å². The van der Waals surface area contributed by atoms with E-state index in [1.54, 1.807) is 0 Å².